The van der Waals surface area contributed by atoms with Crippen LogP contribution in [0.5, 0.6) is 0 Å². The zero-order valence-electron chi connectivity index (χ0n) is 8.70. The van der Waals surface area contributed by atoms with Gasteiger partial charge in [-0.2, -0.15) is 13.5 Å². The van der Waals surface area contributed by atoms with Gasteiger partial charge in [0.25, 0.3) is 0 Å². The third-order valence-electron chi connectivity index (χ3n) is 3.26. The minimum atomic E-state index is 0. The van der Waals surface area contributed by atoms with Crippen LogP contribution in [0.15, 0.2) is 24.3 Å². The molecule has 1 saturated heterocycles. The van der Waals surface area contributed by atoms with Crippen molar-refractivity contribution in [2.24, 2.45) is 0 Å². The van der Waals surface area contributed by atoms with Crippen molar-refractivity contribution in [2.75, 3.05) is 13.2 Å². The lowest BCUT2D eigenvalue weighted by molar-refractivity contribution is -0.00149. The molecule has 1 fully saturated rings. The summed E-state index contributed by atoms with van der Waals surface area (Å²) in [6.07, 6.45) is 2.62. The molecule has 0 spiro atoms. The molecule has 82 valence electrons. The fourth-order valence-electron chi connectivity index (χ4n) is 2.33. The number of hydrogen-bond donors (Lipinski definition) is 1. The average Bonchev–Trinajstić information content (AvgIpc) is 2.16. The van der Waals surface area contributed by atoms with Crippen LogP contribution in [0.25, 0.3) is 0 Å². The summed E-state index contributed by atoms with van der Waals surface area (Å²) in [5.41, 5.74) is 2.87. The van der Waals surface area contributed by atoms with Crippen molar-refractivity contribution in [3.63, 3.8) is 0 Å². The Bertz CT molecular complexity index is 338. The highest BCUT2D eigenvalue weighted by molar-refractivity contribution is 7.59. The minimum absolute atomic E-state index is 0. The maximum atomic E-state index is 5.85. The Hall–Kier alpha value is -0.510. The molecule has 0 aliphatic carbocycles. The van der Waals surface area contributed by atoms with Crippen LogP contribution in [0.4, 0.5) is 0 Å². The maximum Gasteiger partial charge on any atom is 0.0981 e. The smallest absolute Gasteiger partial charge is 0.0981 e. The molecule has 0 bridgehead atoms. The third kappa shape index (κ3) is 1.92. The van der Waals surface area contributed by atoms with Crippen LogP contribution in [-0.2, 0) is 11.2 Å². The lowest BCUT2D eigenvalue weighted by Crippen LogP contribution is -2.48. The molecular formula is C12H17NOS. The van der Waals surface area contributed by atoms with E-state index in [-0.39, 0.29) is 13.5 Å². The molecule has 0 aromatic heterocycles. The van der Waals surface area contributed by atoms with Crippen molar-refractivity contribution in [3.05, 3.63) is 35.4 Å². The van der Waals surface area contributed by atoms with Crippen molar-refractivity contribution in [3.8, 4) is 0 Å². The highest BCUT2D eigenvalue weighted by Crippen LogP contribution is 2.32. The Labute approximate surface area is 97.5 Å². The topological polar surface area (TPSA) is 21.3 Å². The average molecular weight is 223 g/mol. The second-order valence-electron chi connectivity index (χ2n) is 4.09. The van der Waals surface area contributed by atoms with E-state index in [4.69, 9.17) is 4.74 Å². The molecular weight excluding hydrogens is 206 g/mol. The monoisotopic (exact) mass is 223 g/mol. The molecule has 0 radical (unpaired) electrons. The van der Waals surface area contributed by atoms with Gasteiger partial charge in [-0.05, 0) is 30.5 Å². The maximum absolute atomic E-state index is 5.85. The van der Waals surface area contributed by atoms with E-state index in [1.54, 1.807) is 0 Å². The Morgan fingerprint density at radius 1 is 1.27 bits per heavy atom. The van der Waals surface area contributed by atoms with Crippen LogP contribution in [-0.4, -0.2) is 19.2 Å². The van der Waals surface area contributed by atoms with Gasteiger partial charge >= 0.3 is 0 Å². The first kappa shape index (κ1) is 11.0. The van der Waals surface area contributed by atoms with Gasteiger partial charge in [-0.1, -0.05) is 24.3 Å². The Kier molecular flexibility index (Phi) is 3.34. The van der Waals surface area contributed by atoms with Gasteiger partial charge in [0.15, 0.2) is 0 Å². The fourth-order valence-corrected chi connectivity index (χ4v) is 2.33. The van der Waals surface area contributed by atoms with Gasteiger partial charge in [-0.15, -0.1) is 0 Å². The van der Waals surface area contributed by atoms with Gasteiger partial charge in [0.2, 0.25) is 0 Å². The van der Waals surface area contributed by atoms with Crippen LogP contribution in [0.2, 0.25) is 0 Å². The van der Waals surface area contributed by atoms with Gasteiger partial charge in [-0.3, -0.25) is 0 Å². The molecule has 3 heteroatoms. The summed E-state index contributed by atoms with van der Waals surface area (Å²) in [4.78, 5) is 0. The number of nitrogens with one attached hydrogen (secondary N) is 1. The van der Waals surface area contributed by atoms with E-state index in [1.165, 1.54) is 17.5 Å². The SMILES string of the molecule is S.c1ccc2c(c1)CCOC2C1CCN1. The lowest BCUT2D eigenvalue weighted by Gasteiger charge is -2.38. The van der Waals surface area contributed by atoms with Crippen LogP contribution < -0.4 is 5.32 Å². The number of ether oxygens (including phenoxy) is 1. The highest BCUT2D eigenvalue weighted by atomic mass is 32.1. The molecule has 2 aliphatic rings. The summed E-state index contributed by atoms with van der Waals surface area (Å²) in [6.45, 7) is 2.02. The number of rotatable bonds is 1. The predicted octanol–water partition coefficient (Wildman–Crippen LogP) is 1.78. The normalized spacial score (nSPS) is 28.5. The lowest BCUT2D eigenvalue weighted by atomic mass is 9.89. The number of fused-ring (bicyclic) bond motifs is 1. The van der Waals surface area contributed by atoms with Crippen molar-refractivity contribution in [1.29, 1.82) is 0 Å². The minimum Gasteiger partial charge on any atom is -0.372 e. The Balaban J connectivity index is 0.000000853. The van der Waals surface area contributed by atoms with Gasteiger partial charge in [0, 0.05) is 6.04 Å². The summed E-state index contributed by atoms with van der Waals surface area (Å²) >= 11 is 0. The number of benzene rings is 1. The second-order valence-corrected chi connectivity index (χ2v) is 4.09. The van der Waals surface area contributed by atoms with Gasteiger partial charge in [-0.25, -0.2) is 0 Å². The first-order valence-corrected chi connectivity index (χ1v) is 5.38. The van der Waals surface area contributed by atoms with E-state index < -0.39 is 0 Å². The van der Waals surface area contributed by atoms with Crippen molar-refractivity contribution in [2.45, 2.75) is 25.0 Å². The van der Waals surface area contributed by atoms with E-state index in [0.717, 1.165) is 19.6 Å². The zero-order valence-corrected chi connectivity index (χ0v) is 9.70. The molecule has 15 heavy (non-hydrogen) atoms. The van der Waals surface area contributed by atoms with E-state index in [9.17, 15) is 0 Å². The molecule has 1 aromatic carbocycles. The Morgan fingerprint density at radius 2 is 2.07 bits per heavy atom. The van der Waals surface area contributed by atoms with E-state index in [0.29, 0.717) is 12.1 Å². The summed E-state index contributed by atoms with van der Waals surface area (Å²) in [5, 5.41) is 3.43. The largest absolute Gasteiger partial charge is 0.372 e. The van der Waals surface area contributed by atoms with Crippen LogP contribution >= 0.6 is 13.5 Å². The zero-order chi connectivity index (χ0) is 9.38. The first-order valence-electron chi connectivity index (χ1n) is 5.38. The molecule has 2 atom stereocenters. The Morgan fingerprint density at radius 3 is 2.80 bits per heavy atom. The standard InChI is InChI=1S/C12H15NO.H2S/c1-2-4-10-9(3-1)6-8-14-12(10)11-5-7-13-11;/h1-4,11-13H,5-8H2;1H2. The van der Waals surface area contributed by atoms with E-state index in [2.05, 4.69) is 29.6 Å². The van der Waals surface area contributed by atoms with E-state index >= 15 is 0 Å². The highest BCUT2D eigenvalue weighted by Gasteiger charge is 2.31. The molecule has 2 nitrogen and oxygen atoms in total. The molecule has 3 rings (SSSR count). The molecule has 0 amide bonds. The molecule has 0 saturated carbocycles. The summed E-state index contributed by atoms with van der Waals surface area (Å²) < 4.78 is 5.85. The number of hydrogen-bond acceptors (Lipinski definition) is 2. The molecule has 1 aromatic rings. The first-order chi connectivity index (χ1) is 6.95. The second kappa shape index (κ2) is 4.56. The van der Waals surface area contributed by atoms with Crippen molar-refractivity contribution < 1.29 is 4.74 Å². The fraction of sp³-hybridized carbons (Fsp3) is 0.500. The third-order valence-corrected chi connectivity index (χ3v) is 3.26. The quantitative estimate of drug-likeness (QED) is 0.783. The summed E-state index contributed by atoms with van der Waals surface area (Å²) in [6, 6.07) is 9.22. The van der Waals surface area contributed by atoms with Crippen molar-refractivity contribution in [1.82, 2.24) is 5.32 Å². The van der Waals surface area contributed by atoms with Gasteiger partial charge in [0.05, 0.1) is 12.7 Å². The van der Waals surface area contributed by atoms with Crippen LogP contribution in [0, 0.1) is 0 Å². The molecule has 2 heterocycles. The van der Waals surface area contributed by atoms with E-state index in [1.807, 2.05) is 0 Å². The molecule has 2 unspecified atom stereocenters. The van der Waals surface area contributed by atoms with Crippen LogP contribution in [0.1, 0.15) is 23.7 Å². The predicted molar refractivity (Wildman–Crippen MR) is 65.6 cm³/mol. The summed E-state index contributed by atoms with van der Waals surface area (Å²) in [5.74, 6) is 0. The molecule has 2 aliphatic heterocycles. The van der Waals surface area contributed by atoms with Gasteiger partial charge in [0.1, 0.15) is 0 Å². The van der Waals surface area contributed by atoms with Crippen LogP contribution in [0.3, 0.4) is 0 Å². The van der Waals surface area contributed by atoms with Gasteiger partial charge < -0.3 is 10.1 Å². The van der Waals surface area contributed by atoms with Crippen molar-refractivity contribution >= 4 is 13.5 Å². The summed E-state index contributed by atoms with van der Waals surface area (Å²) in [7, 11) is 0. The molecule has 1 N–H and O–H groups in total.